The second kappa shape index (κ2) is 9.69. The Morgan fingerprint density at radius 3 is 2.74 bits per heavy atom. The number of hydrogen-bond donors (Lipinski definition) is 0. The van der Waals surface area contributed by atoms with E-state index in [2.05, 4.69) is 39.9 Å². The number of hydrogen-bond acceptors (Lipinski definition) is 4. The smallest absolute Gasteiger partial charge is 0.248 e. The van der Waals surface area contributed by atoms with Gasteiger partial charge in [0.2, 0.25) is 5.91 Å². The van der Waals surface area contributed by atoms with E-state index < -0.39 is 0 Å². The van der Waals surface area contributed by atoms with Crippen molar-refractivity contribution in [1.82, 2.24) is 14.4 Å². The van der Waals surface area contributed by atoms with Gasteiger partial charge in [0.25, 0.3) is 0 Å². The van der Waals surface area contributed by atoms with Gasteiger partial charge in [-0.1, -0.05) is 30.3 Å². The molecule has 0 fully saturated rings. The molecule has 0 spiro atoms. The average Bonchev–Trinajstić information content (AvgIpc) is 3.02. The van der Waals surface area contributed by atoms with Crippen molar-refractivity contribution >= 4 is 5.91 Å². The molecule has 1 atom stereocenters. The zero-order chi connectivity index (χ0) is 19.1. The van der Waals surface area contributed by atoms with Crippen molar-refractivity contribution < 1.29 is 14.3 Å². The highest BCUT2D eigenvalue weighted by Crippen LogP contribution is 2.15. The summed E-state index contributed by atoms with van der Waals surface area (Å²) >= 11 is 0. The summed E-state index contributed by atoms with van der Waals surface area (Å²) in [6.45, 7) is 4.66. The number of fused-ring (bicyclic) bond motifs is 1. The number of rotatable bonds is 8. The monoisotopic (exact) mass is 371 g/mol. The SMILES string of the molecule is CN(C)C(=O)COC1CN(CCOCc2ccccc2)Cc2cccn2C1. The van der Waals surface area contributed by atoms with Crippen LogP contribution in [0.1, 0.15) is 11.3 Å². The van der Waals surface area contributed by atoms with Crippen LogP contribution in [0.25, 0.3) is 0 Å². The maximum Gasteiger partial charge on any atom is 0.248 e. The lowest BCUT2D eigenvalue weighted by molar-refractivity contribution is -0.136. The molecule has 1 aromatic carbocycles. The van der Waals surface area contributed by atoms with Gasteiger partial charge in [0, 0.05) is 52.2 Å². The Morgan fingerprint density at radius 2 is 1.96 bits per heavy atom. The Labute approximate surface area is 161 Å². The maximum atomic E-state index is 11.9. The number of benzene rings is 1. The van der Waals surface area contributed by atoms with E-state index in [1.54, 1.807) is 19.0 Å². The van der Waals surface area contributed by atoms with Crippen molar-refractivity contribution in [2.24, 2.45) is 0 Å². The van der Waals surface area contributed by atoms with E-state index in [0.29, 0.717) is 13.2 Å². The Morgan fingerprint density at radius 1 is 1.15 bits per heavy atom. The number of amides is 1. The van der Waals surface area contributed by atoms with E-state index in [1.807, 2.05) is 18.2 Å². The third kappa shape index (κ3) is 5.92. The lowest BCUT2D eigenvalue weighted by atomic mass is 10.2. The van der Waals surface area contributed by atoms with Gasteiger partial charge in [-0.2, -0.15) is 0 Å². The van der Waals surface area contributed by atoms with Crippen LogP contribution in [0.5, 0.6) is 0 Å². The minimum absolute atomic E-state index is 0.00952. The Kier molecular flexibility index (Phi) is 7.04. The van der Waals surface area contributed by atoms with Crippen molar-refractivity contribution in [1.29, 1.82) is 0 Å². The summed E-state index contributed by atoms with van der Waals surface area (Å²) in [5.41, 5.74) is 2.45. The van der Waals surface area contributed by atoms with Gasteiger partial charge in [-0.3, -0.25) is 9.69 Å². The first kappa shape index (κ1) is 19.6. The molecule has 0 saturated carbocycles. The minimum atomic E-state index is -0.0170. The molecule has 0 aliphatic carbocycles. The van der Waals surface area contributed by atoms with Crippen LogP contribution in [0.3, 0.4) is 0 Å². The molecule has 3 rings (SSSR count). The average molecular weight is 371 g/mol. The van der Waals surface area contributed by atoms with Gasteiger partial charge in [-0.05, 0) is 17.7 Å². The fourth-order valence-electron chi connectivity index (χ4n) is 3.18. The number of carbonyl (C=O) groups excluding carboxylic acids is 1. The largest absolute Gasteiger partial charge is 0.375 e. The molecular formula is C21H29N3O3. The van der Waals surface area contributed by atoms with Crippen molar-refractivity contribution in [3.8, 4) is 0 Å². The Bertz CT molecular complexity index is 714. The first-order valence-electron chi connectivity index (χ1n) is 9.41. The third-order valence-electron chi connectivity index (χ3n) is 4.78. The molecule has 1 aliphatic heterocycles. The van der Waals surface area contributed by atoms with Crippen LogP contribution < -0.4 is 0 Å². The predicted octanol–water partition coefficient (Wildman–Crippen LogP) is 1.99. The van der Waals surface area contributed by atoms with E-state index in [9.17, 15) is 4.79 Å². The molecule has 2 heterocycles. The topological polar surface area (TPSA) is 46.9 Å². The Balaban J connectivity index is 1.51. The highest BCUT2D eigenvalue weighted by molar-refractivity contribution is 5.76. The van der Waals surface area contributed by atoms with Gasteiger partial charge in [0.05, 0.1) is 19.3 Å². The summed E-state index contributed by atoms with van der Waals surface area (Å²) in [6, 6.07) is 14.4. The van der Waals surface area contributed by atoms with E-state index in [1.165, 1.54) is 11.3 Å². The van der Waals surface area contributed by atoms with E-state index in [0.717, 1.165) is 26.2 Å². The lowest BCUT2D eigenvalue weighted by Gasteiger charge is -2.24. The van der Waals surface area contributed by atoms with Gasteiger partial charge in [-0.25, -0.2) is 0 Å². The van der Waals surface area contributed by atoms with E-state index >= 15 is 0 Å². The van der Waals surface area contributed by atoms with Crippen LogP contribution in [-0.2, 0) is 34.0 Å². The Hall–Kier alpha value is -2.15. The number of ether oxygens (including phenoxy) is 2. The van der Waals surface area contributed by atoms with Crippen molar-refractivity contribution in [2.75, 3.05) is 40.4 Å². The van der Waals surface area contributed by atoms with Crippen molar-refractivity contribution in [2.45, 2.75) is 25.8 Å². The second-order valence-electron chi connectivity index (χ2n) is 7.15. The van der Waals surface area contributed by atoms with Gasteiger partial charge >= 0.3 is 0 Å². The number of nitrogens with zero attached hydrogens (tertiary/aromatic N) is 3. The van der Waals surface area contributed by atoms with Gasteiger partial charge in [0.1, 0.15) is 6.61 Å². The summed E-state index contributed by atoms with van der Waals surface area (Å²) in [4.78, 5) is 15.8. The molecule has 6 heteroatoms. The molecule has 0 saturated heterocycles. The molecule has 1 unspecified atom stereocenters. The molecule has 6 nitrogen and oxygen atoms in total. The first-order chi connectivity index (χ1) is 13.1. The molecule has 0 N–H and O–H groups in total. The highest BCUT2D eigenvalue weighted by Gasteiger charge is 2.22. The van der Waals surface area contributed by atoms with Gasteiger partial charge in [-0.15, -0.1) is 0 Å². The van der Waals surface area contributed by atoms with Gasteiger partial charge in [0.15, 0.2) is 0 Å². The van der Waals surface area contributed by atoms with Crippen LogP contribution >= 0.6 is 0 Å². The van der Waals surface area contributed by atoms with E-state index in [4.69, 9.17) is 9.47 Å². The van der Waals surface area contributed by atoms with Crippen LogP contribution in [-0.4, -0.2) is 66.8 Å². The number of likely N-dealkylation sites (N-methyl/N-ethyl adjacent to an activating group) is 1. The van der Waals surface area contributed by atoms with E-state index in [-0.39, 0.29) is 18.6 Å². The molecule has 0 bridgehead atoms. The summed E-state index contributed by atoms with van der Waals surface area (Å²) in [5.74, 6) is -0.00952. The number of aromatic nitrogens is 1. The van der Waals surface area contributed by atoms with Crippen LogP contribution in [0.4, 0.5) is 0 Å². The normalized spacial score (nSPS) is 17.3. The molecule has 0 radical (unpaired) electrons. The predicted molar refractivity (Wildman–Crippen MR) is 104 cm³/mol. The highest BCUT2D eigenvalue weighted by atomic mass is 16.5. The molecule has 146 valence electrons. The van der Waals surface area contributed by atoms with Crippen molar-refractivity contribution in [3.05, 3.63) is 59.9 Å². The molecule has 1 amide bonds. The molecule has 1 aromatic heterocycles. The first-order valence-corrected chi connectivity index (χ1v) is 9.41. The number of carbonyl (C=O) groups is 1. The van der Waals surface area contributed by atoms with Crippen LogP contribution in [0.2, 0.25) is 0 Å². The summed E-state index contributed by atoms with van der Waals surface area (Å²) in [6.07, 6.45) is 2.06. The lowest BCUT2D eigenvalue weighted by Crippen LogP contribution is -2.37. The standard InChI is InChI=1S/C21H29N3O3/c1-22(2)21(25)17-27-20-14-23(13-19-9-6-10-24(19)15-20)11-12-26-16-18-7-4-3-5-8-18/h3-10,20H,11-17H2,1-2H3. The molecular weight excluding hydrogens is 342 g/mol. The fourth-order valence-corrected chi connectivity index (χ4v) is 3.18. The summed E-state index contributed by atoms with van der Waals surface area (Å²) < 4.78 is 14.0. The zero-order valence-corrected chi connectivity index (χ0v) is 16.2. The molecule has 1 aliphatic rings. The third-order valence-corrected chi connectivity index (χ3v) is 4.78. The minimum Gasteiger partial charge on any atom is -0.375 e. The van der Waals surface area contributed by atoms with Crippen LogP contribution in [0.15, 0.2) is 48.7 Å². The molecule has 2 aromatic rings. The quantitative estimate of drug-likeness (QED) is 0.666. The summed E-state index contributed by atoms with van der Waals surface area (Å²) in [7, 11) is 3.50. The maximum absolute atomic E-state index is 11.9. The molecule has 27 heavy (non-hydrogen) atoms. The van der Waals surface area contributed by atoms with Crippen molar-refractivity contribution in [3.63, 3.8) is 0 Å². The second-order valence-corrected chi connectivity index (χ2v) is 7.15. The van der Waals surface area contributed by atoms with Crippen LogP contribution in [0, 0.1) is 0 Å². The zero-order valence-electron chi connectivity index (χ0n) is 16.2. The summed E-state index contributed by atoms with van der Waals surface area (Å²) in [5, 5.41) is 0. The fraction of sp³-hybridized carbons (Fsp3) is 0.476. The van der Waals surface area contributed by atoms with Gasteiger partial charge < -0.3 is 18.9 Å².